The third kappa shape index (κ3) is 5.04. The van der Waals surface area contributed by atoms with Crippen LogP contribution in [0, 0.1) is 0 Å². The number of hydrogen-bond acceptors (Lipinski definition) is 7. The molecule has 2 aromatic rings. The van der Waals surface area contributed by atoms with Gasteiger partial charge < -0.3 is 37.1 Å². The molecule has 0 amide bonds. The average molecular weight is 445 g/mol. The molecule has 31 heavy (non-hydrogen) atoms. The molecule has 3 rings (SSSR count). The first-order chi connectivity index (χ1) is 14.7. The molecule has 0 bridgehead atoms. The Morgan fingerprint density at radius 1 is 1.16 bits per heavy atom. The zero-order valence-corrected chi connectivity index (χ0v) is 17.7. The van der Waals surface area contributed by atoms with Crippen LogP contribution in [-0.2, 0) is 4.74 Å². The molecule has 1 saturated heterocycles. The number of aromatic hydroxyl groups is 1. The molecule has 2 unspecified atom stereocenters. The number of nitrogens with zero attached hydrogens (tertiary/aromatic N) is 1. The number of carboxylic acid groups (broad SMARTS) is 1. The quantitative estimate of drug-likeness (QED) is 0.442. The monoisotopic (exact) mass is 444 g/mol. The fourth-order valence-corrected chi connectivity index (χ4v) is 3.81. The Bertz CT molecular complexity index is 1050. The van der Waals surface area contributed by atoms with Crippen molar-refractivity contribution in [1.82, 2.24) is 4.90 Å². The molecule has 0 saturated carbocycles. The molecule has 8 nitrogen and oxygen atoms in total. The minimum Gasteiger partial charge on any atom is -0.507 e. The van der Waals surface area contributed by atoms with Gasteiger partial charge in [-0.1, -0.05) is 29.8 Å². The highest BCUT2D eigenvalue weighted by Gasteiger charge is 2.29. The summed E-state index contributed by atoms with van der Waals surface area (Å²) in [6.07, 6.45) is 1.06. The maximum Gasteiger partial charge on any atom is 0.337 e. The van der Waals surface area contributed by atoms with E-state index >= 15 is 0 Å². The maximum absolute atomic E-state index is 11.2. The first-order valence-electron chi connectivity index (χ1n) is 9.61. The standard InChI is InChI=1S/C22H25ClN4O4/c1-12-10-27(11-20(31-12)13-6-7-14(22(29)30)16(23)8-13)18(21(25)26)9-17(24)15-4-2-3-5-19(15)28/h2-9,12,20,28H,10-11,24-26H2,1H3,(H,29,30)/b17-9-. The number of allylic oxidation sites excluding steroid dienone is 1. The van der Waals surface area contributed by atoms with Gasteiger partial charge >= 0.3 is 5.97 Å². The molecule has 1 fully saturated rings. The molecule has 0 spiro atoms. The van der Waals surface area contributed by atoms with E-state index in [0.717, 1.165) is 5.56 Å². The van der Waals surface area contributed by atoms with Crippen LogP contribution >= 0.6 is 11.6 Å². The molecule has 0 aromatic heterocycles. The second-order valence-electron chi connectivity index (χ2n) is 7.34. The molecule has 9 heteroatoms. The van der Waals surface area contributed by atoms with Crippen LogP contribution in [0.15, 0.2) is 60.1 Å². The van der Waals surface area contributed by atoms with Gasteiger partial charge in [-0.3, -0.25) is 0 Å². The summed E-state index contributed by atoms with van der Waals surface area (Å²) in [5, 5.41) is 19.4. The molecule has 1 aliphatic heterocycles. The Balaban J connectivity index is 1.91. The van der Waals surface area contributed by atoms with Gasteiger partial charge in [-0.2, -0.15) is 0 Å². The zero-order chi connectivity index (χ0) is 22.7. The van der Waals surface area contributed by atoms with Crippen molar-refractivity contribution >= 4 is 23.3 Å². The SMILES string of the molecule is CC1CN(C(/C=C(\N)c2ccccc2O)=C(N)N)CC(c2ccc(C(=O)O)c(Cl)c2)O1. The van der Waals surface area contributed by atoms with E-state index in [4.69, 9.17) is 33.5 Å². The number of carbonyl (C=O) groups is 1. The van der Waals surface area contributed by atoms with Crippen LogP contribution in [0.25, 0.3) is 5.70 Å². The van der Waals surface area contributed by atoms with Crippen LogP contribution in [0.1, 0.15) is 34.5 Å². The van der Waals surface area contributed by atoms with Gasteiger partial charge in [0.2, 0.25) is 0 Å². The van der Waals surface area contributed by atoms with Crippen molar-refractivity contribution in [3.05, 3.63) is 81.8 Å². The first kappa shape index (κ1) is 22.3. The summed E-state index contributed by atoms with van der Waals surface area (Å²) in [5.41, 5.74) is 20.2. The van der Waals surface area contributed by atoms with Gasteiger partial charge in [-0.15, -0.1) is 0 Å². The van der Waals surface area contributed by atoms with Crippen LogP contribution < -0.4 is 17.2 Å². The van der Waals surface area contributed by atoms with E-state index in [2.05, 4.69) is 0 Å². The number of carboxylic acids is 1. The van der Waals surface area contributed by atoms with Gasteiger partial charge in [0.25, 0.3) is 0 Å². The van der Waals surface area contributed by atoms with Crippen LogP contribution in [0.5, 0.6) is 5.75 Å². The number of rotatable bonds is 5. The molecule has 164 valence electrons. The highest BCUT2D eigenvalue weighted by molar-refractivity contribution is 6.33. The number of ether oxygens (including phenoxy) is 1. The number of para-hydroxylation sites is 1. The lowest BCUT2D eigenvalue weighted by Crippen LogP contribution is -2.43. The van der Waals surface area contributed by atoms with Crippen LogP contribution in [0.3, 0.4) is 0 Å². The van der Waals surface area contributed by atoms with Crippen molar-refractivity contribution < 1.29 is 19.7 Å². The average Bonchev–Trinajstić information content (AvgIpc) is 2.71. The molecule has 1 heterocycles. The van der Waals surface area contributed by atoms with E-state index in [-0.39, 0.29) is 28.3 Å². The highest BCUT2D eigenvalue weighted by atomic mass is 35.5. The largest absolute Gasteiger partial charge is 0.507 e. The van der Waals surface area contributed by atoms with Crippen molar-refractivity contribution in [3.63, 3.8) is 0 Å². The van der Waals surface area contributed by atoms with Crippen molar-refractivity contribution in [1.29, 1.82) is 0 Å². The summed E-state index contributed by atoms with van der Waals surface area (Å²) in [7, 11) is 0. The van der Waals surface area contributed by atoms with E-state index in [9.17, 15) is 15.0 Å². The Labute approximate surface area is 185 Å². The molecular weight excluding hydrogens is 420 g/mol. The lowest BCUT2D eigenvalue weighted by molar-refractivity contribution is -0.0683. The van der Waals surface area contributed by atoms with Crippen molar-refractivity contribution in [2.24, 2.45) is 17.2 Å². The van der Waals surface area contributed by atoms with Gasteiger partial charge in [-0.05, 0) is 42.8 Å². The molecule has 0 radical (unpaired) electrons. The Kier molecular flexibility index (Phi) is 6.62. The second-order valence-corrected chi connectivity index (χ2v) is 7.75. The number of nitrogens with two attached hydrogens (primary N) is 3. The number of halogens is 1. The molecule has 2 atom stereocenters. The van der Waals surface area contributed by atoms with E-state index in [1.165, 1.54) is 6.07 Å². The number of aromatic carboxylic acids is 1. The summed E-state index contributed by atoms with van der Waals surface area (Å²) in [4.78, 5) is 13.2. The Morgan fingerprint density at radius 3 is 2.48 bits per heavy atom. The Morgan fingerprint density at radius 2 is 1.87 bits per heavy atom. The number of morpholine rings is 1. The summed E-state index contributed by atoms with van der Waals surface area (Å²) in [5.74, 6) is -0.972. The number of phenolic OH excluding ortho intramolecular Hbond substituents is 1. The fraction of sp³-hybridized carbons (Fsp3) is 0.227. The molecule has 8 N–H and O–H groups in total. The van der Waals surface area contributed by atoms with Crippen molar-refractivity contribution in [3.8, 4) is 5.75 Å². The van der Waals surface area contributed by atoms with Crippen LogP contribution in [-0.4, -0.2) is 40.3 Å². The minimum atomic E-state index is -1.10. The van der Waals surface area contributed by atoms with Gasteiger partial charge in [-0.25, -0.2) is 4.79 Å². The van der Waals surface area contributed by atoms with Gasteiger partial charge in [0.15, 0.2) is 0 Å². The van der Waals surface area contributed by atoms with Gasteiger partial charge in [0, 0.05) is 24.4 Å². The summed E-state index contributed by atoms with van der Waals surface area (Å²) in [6.45, 7) is 2.81. The van der Waals surface area contributed by atoms with E-state index in [1.54, 1.807) is 42.5 Å². The smallest absolute Gasteiger partial charge is 0.337 e. The zero-order valence-electron chi connectivity index (χ0n) is 17.0. The number of benzene rings is 2. The Hall–Kier alpha value is -3.36. The molecule has 1 aliphatic rings. The minimum absolute atomic E-state index is 0.0243. The summed E-state index contributed by atoms with van der Waals surface area (Å²) < 4.78 is 6.05. The molecular formula is C22H25ClN4O4. The van der Waals surface area contributed by atoms with Crippen LogP contribution in [0.4, 0.5) is 0 Å². The van der Waals surface area contributed by atoms with Gasteiger partial charge in [0.05, 0.1) is 22.4 Å². The molecule has 2 aromatic carbocycles. The topological polar surface area (TPSA) is 148 Å². The van der Waals surface area contributed by atoms with Gasteiger partial charge in [0.1, 0.15) is 17.7 Å². The van der Waals surface area contributed by atoms with E-state index in [1.807, 2.05) is 11.8 Å². The van der Waals surface area contributed by atoms with Crippen LogP contribution in [0.2, 0.25) is 5.02 Å². The lowest BCUT2D eigenvalue weighted by Gasteiger charge is -2.39. The van der Waals surface area contributed by atoms with Crippen molar-refractivity contribution in [2.75, 3.05) is 13.1 Å². The van der Waals surface area contributed by atoms with Crippen molar-refractivity contribution in [2.45, 2.75) is 19.1 Å². The number of hydrogen-bond donors (Lipinski definition) is 5. The fourth-order valence-electron chi connectivity index (χ4n) is 3.54. The third-order valence-electron chi connectivity index (χ3n) is 5.00. The summed E-state index contributed by atoms with van der Waals surface area (Å²) in [6, 6.07) is 11.4. The molecule has 0 aliphatic carbocycles. The summed E-state index contributed by atoms with van der Waals surface area (Å²) >= 11 is 6.13. The predicted octanol–water partition coefficient (Wildman–Crippen LogP) is 2.59. The predicted molar refractivity (Wildman–Crippen MR) is 119 cm³/mol. The normalized spacial score (nSPS) is 19.2. The maximum atomic E-state index is 11.2. The van der Waals surface area contributed by atoms with E-state index in [0.29, 0.717) is 30.0 Å². The lowest BCUT2D eigenvalue weighted by atomic mass is 10.0. The second kappa shape index (κ2) is 9.20. The number of phenols is 1. The van der Waals surface area contributed by atoms with E-state index < -0.39 is 12.1 Å². The third-order valence-corrected chi connectivity index (χ3v) is 5.31. The first-order valence-corrected chi connectivity index (χ1v) is 9.99. The highest BCUT2D eigenvalue weighted by Crippen LogP contribution is 2.31.